The Labute approximate surface area is 145 Å². The second-order valence-electron chi connectivity index (χ2n) is 4.56. The molecule has 1 fully saturated rings. The second-order valence-corrected chi connectivity index (χ2v) is 7.32. The summed E-state index contributed by atoms with van der Waals surface area (Å²) in [6.45, 7) is 1.05. The molecule has 2 N–H and O–H groups in total. The minimum Gasteiger partial charge on any atom is -0.339 e. The third-order valence-electron chi connectivity index (χ3n) is 3.29. The first kappa shape index (κ1) is 19.5. The van der Waals surface area contributed by atoms with Crippen molar-refractivity contribution in [2.24, 2.45) is 5.73 Å². The summed E-state index contributed by atoms with van der Waals surface area (Å²) in [7, 11) is -3.64. The molecular weight excluding hydrogens is 373 g/mol. The van der Waals surface area contributed by atoms with Gasteiger partial charge in [0.15, 0.2) is 0 Å². The number of hydrogen-bond donors (Lipinski definition) is 1. The molecule has 0 saturated carbocycles. The van der Waals surface area contributed by atoms with E-state index in [0.29, 0.717) is 18.1 Å². The molecule has 1 heterocycles. The molecule has 0 bridgehead atoms. The Morgan fingerprint density at radius 3 is 2.23 bits per heavy atom. The van der Waals surface area contributed by atoms with Gasteiger partial charge >= 0.3 is 0 Å². The molecule has 1 aliphatic rings. The van der Waals surface area contributed by atoms with Crippen LogP contribution in [0.25, 0.3) is 0 Å². The average molecular weight is 389 g/mol. The molecule has 2 rings (SSSR count). The minimum atomic E-state index is -3.64. The SMILES string of the molecule is Cl.NCC(=O)N1CCN(S(=O)(=O)c2ccc(Cl)c(Cl)c2)CC1. The van der Waals surface area contributed by atoms with Gasteiger partial charge in [0.1, 0.15) is 0 Å². The van der Waals surface area contributed by atoms with E-state index in [1.165, 1.54) is 22.5 Å². The van der Waals surface area contributed by atoms with Crippen molar-refractivity contribution in [3.8, 4) is 0 Å². The fraction of sp³-hybridized carbons (Fsp3) is 0.417. The monoisotopic (exact) mass is 387 g/mol. The molecule has 0 spiro atoms. The average Bonchev–Trinajstić information content (AvgIpc) is 2.49. The van der Waals surface area contributed by atoms with Crippen LogP contribution in [-0.4, -0.2) is 56.3 Å². The molecule has 124 valence electrons. The summed E-state index contributed by atoms with van der Waals surface area (Å²) in [5.41, 5.74) is 5.29. The van der Waals surface area contributed by atoms with E-state index in [2.05, 4.69) is 0 Å². The number of halogens is 3. The molecule has 1 amide bonds. The van der Waals surface area contributed by atoms with Crippen LogP contribution < -0.4 is 5.73 Å². The zero-order valence-electron chi connectivity index (χ0n) is 11.5. The van der Waals surface area contributed by atoms with E-state index in [-0.39, 0.29) is 47.9 Å². The van der Waals surface area contributed by atoms with Crippen LogP contribution in [0.1, 0.15) is 0 Å². The van der Waals surface area contributed by atoms with Gasteiger partial charge in [-0.1, -0.05) is 23.2 Å². The van der Waals surface area contributed by atoms with Gasteiger partial charge in [-0.3, -0.25) is 4.79 Å². The topological polar surface area (TPSA) is 83.7 Å². The van der Waals surface area contributed by atoms with Crippen LogP contribution in [0, 0.1) is 0 Å². The van der Waals surface area contributed by atoms with Crippen molar-refractivity contribution in [2.45, 2.75) is 4.90 Å². The lowest BCUT2D eigenvalue weighted by Crippen LogP contribution is -2.51. The maximum atomic E-state index is 12.5. The Bertz CT molecular complexity index is 646. The first-order chi connectivity index (χ1) is 9.86. The molecule has 0 atom stereocenters. The Kier molecular flexibility index (Phi) is 6.91. The summed E-state index contributed by atoms with van der Waals surface area (Å²) >= 11 is 11.7. The predicted molar refractivity (Wildman–Crippen MR) is 88.1 cm³/mol. The van der Waals surface area contributed by atoms with Gasteiger partial charge in [0, 0.05) is 26.2 Å². The number of carbonyl (C=O) groups excluding carboxylic acids is 1. The molecule has 0 aliphatic carbocycles. The molecule has 0 radical (unpaired) electrons. The summed E-state index contributed by atoms with van der Waals surface area (Å²) in [5, 5.41) is 0.490. The fourth-order valence-corrected chi connectivity index (χ4v) is 3.91. The molecule has 1 aromatic carbocycles. The normalized spacial score (nSPS) is 16.2. The second kappa shape index (κ2) is 7.81. The van der Waals surface area contributed by atoms with Crippen LogP contribution >= 0.6 is 35.6 Å². The van der Waals surface area contributed by atoms with Crippen LogP contribution in [0.5, 0.6) is 0 Å². The van der Waals surface area contributed by atoms with Crippen molar-refractivity contribution in [1.82, 2.24) is 9.21 Å². The van der Waals surface area contributed by atoms with Gasteiger partial charge in [0.25, 0.3) is 0 Å². The standard InChI is InChI=1S/C12H15Cl2N3O3S.ClH/c13-10-2-1-9(7-11(10)14)21(19,20)17-5-3-16(4-6-17)12(18)8-15;/h1-2,7H,3-6,8,15H2;1H. The highest BCUT2D eigenvalue weighted by Crippen LogP contribution is 2.26. The van der Waals surface area contributed by atoms with E-state index in [1.54, 1.807) is 4.90 Å². The zero-order chi connectivity index (χ0) is 15.6. The number of carbonyl (C=O) groups is 1. The van der Waals surface area contributed by atoms with Crippen molar-refractivity contribution in [2.75, 3.05) is 32.7 Å². The van der Waals surface area contributed by atoms with Crippen LogP contribution in [-0.2, 0) is 14.8 Å². The van der Waals surface area contributed by atoms with Crippen LogP contribution in [0.15, 0.2) is 23.1 Å². The summed E-state index contributed by atoms with van der Waals surface area (Å²) < 4.78 is 26.3. The molecule has 1 aliphatic heterocycles. The third-order valence-corrected chi connectivity index (χ3v) is 5.93. The molecule has 0 unspecified atom stereocenters. The molecule has 6 nitrogen and oxygen atoms in total. The first-order valence-electron chi connectivity index (χ1n) is 6.29. The highest BCUT2D eigenvalue weighted by atomic mass is 35.5. The highest BCUT2D eigenvalue weighted by molar-refractivity contribution is 7.89. The van der Waals surface area contributed by atoms with E-state index < -0.39 is 10.0 Å². The minimum absolute atomic E-state index is 0. The van der Waals surface area contributed by atoms with Gasteiger partial charge in [0.2, 0.25) is 15.9 Å². The molecule has 1 saturated heterocycles. The van der Waals surface area contributed by atoms with Crippen LogP contribution in [0.3, 0.4) is 0 Å². The smallest absolute Gasteiger partial charge is 0.243 e. The van der Waals surface area contributed by atoms with E-state index >= 15 is 0 Å². The summed E-state index contributed by atoms with van der Waals surface area (Å²) in [6, 6.07) is 4.20. The summed E-state index contributed by atoms with van der Waals surface area (Å²) in [5.74, 6) is -0.179. The van der Waals surface area contributed by atoms with E-state index in [0.717, 1.165) is 0 Å². The lowest BCUT2D eigenvalue weighted by molar-refractivity contribution is -0.130. The number of amides is 1. The molecule has 1 aromatic rings. The molecule has 22 heavy (non-hydrogen) atoms. The van der Waals surface area contributed by atoms with Crippen LogP contribution in [0.4, 0.5) is 0 Å². The largest absolute Gasteiger partial charge is 0.339 e. The number of sulfonamides is 1. The number of nitrogens with zero attached hydrogens (tertiary/aromatic N) is 2. The van der Waals surface area contributed by atoms with Crippen molar-refractivity contribution in [3.63, 3.8) is 0 Å². The maximum Gasteiger partial charge on any atom is 0.243 e. The van der Waals surface area contributed by atoms with Crippen molar-refractivity contribution >= 4 is 51.5 Å². The fourth-order valence-electron chi connectivity index (χ4n) is 2.09. The van der Waals surface area contributed by atoms with Gasteiger partial charge in [-0.15, -0.1) is 12.4 Å². The first-order valence-corrected chi connectivity index (χ1v) is 8.49. The van der Waals surface area contributed by atoms with Gasteiger partial charge in [0.05, 0.1) is 21.5 Å². The van der Waals surface area contributed by atoms with Crippen molar-refractivity contribution in [1.29, 1.82) is 0 Å². The zero-order valence-corrected chi connectivity index (χ0v) is 14.7. The van der Waals surface area contributed by atoms with Gasteiger partial charge in [-0.25, -0.2) is 8.42 Å². The number of piperazine rings is 1. The van der Waals surface area contributed by atoms with Gasteiger partial charge in [-0.05, 0) is 18.2 Å². The van der Waals surface area contributed by atoms with E-state index in [1.807, 2.05) is 0 Å². The van der Waals surface area contributed by atoms with Gasteiger partial charge in [-0.2, -0.15) is 4.31 Å². The van der Waals surface area contributed by atoms with E-state index in [4.69, 9.17) is 28.9 Å². The number of nitrogens with two attached hydrogens (primary N) is 1. The van der Waals surface area contributed by atoms with Gasteiger partial charge < -0.3 is 10.6 Å². The maximum absolute atomic E-state index is 12.5. The summed E-state index contributed by atoms with van der Waals surface area (Å²) in [4.78, 5) is 13.1. The Morgan fingerprint density at radius 1 is 1.14 bits per heavy atom. The lowest BCUT2D eigenvalue weighted by atomic mass is 10.3. The van der Waals surface area contributed by atoms with Crippen molar-refractivity contribution in [3.05, 3.63) is 28.2 Å². The number of hydrogen-bond acceptors (Lipinski definition) is 4. The Morgan fingerprint density at radius 2 is 1.73 bits per heavy atom. The third kappa shape index (κ3) is 4.04. The predicted octanol–water partition coefficient (Wildman–Crippen LogP) is 1.21. The van der Waals surface area contributed by atoms with E-state index in [9.17, 15) is 13.2 Å². The lowest BCUT2D eigenvalue weighted by Gasteiger charge is -2.33. The van der Waals surface area contributed by atoms with Crippen molar-refractivity contribution < 1.29 is 13.2 Å². The quantitative estimate of drug-likeness (QED) is 0.843. The highest BCUT2D eigenvalue weighted by Gasteiger charge is 2.30. The molecule has 10 heteroatoms. The Balaban J connectivity index is 0.00000242. The number of rotatable bonds is 3. The molecular formula is C12H16Cl3N3O3S. The molecule has 0 aromatic heterocycles. The summed E-state index contributed by atoms with van der Waals surface area (Å²) in [6.07, 6.45) is 0. The Hall–Kier alpha value is -0.570. The number of benzene rings is 1. The van der Waals surface area contributed by atoms with Crippen LogP contribution in [0.2, 0.25) is 10.0 Å².